The summed E-state index contributed by atoms with van der Waals surface area (Å²) < 4.78 is 26.9. The highest BCUT2D eigenvalue weighted by Crippen LogP contribution is 2.20. The zero-order valence-corrected chi connectivity index (χ0v) is 13.0. The van der Waals surface area contributed by atoms with E-state index in [0.29, 0.717) is 6.42 Å². The van der Waals surface area contributed by atoms with E-state index in [4.69, 9.17) is 0 Å². The lowest BCUT2D eigenvalue weighted by atomic mass is 9.98. The van der Waals surface area contributed by atoms with E-state index < -0.39 is 21.5 Å². The minimum atomic E-state index is -3.86. The molecule has 1 aromatic rings. The van der Waals surface area contributed by atoms with Crippen molar-refractivity contribution in [1.82, 2.24) is 4.72 Å². The summed E-state index contributed by atoms with van der Waals surface area (Å²) in [6, 6.07) is 4.74. The van der Waals surface area contributed by atoms with E-state index in [2.05, 4.69) is 4.72 Å². The molecule has 1 rings (SSSR count). The number of carboxylic acid groups (broad SMARTS) is 1. The average molecular weight is 299 g/mol. The van der Waals surface area contributed by atoms with Crippen molar-refractivity contribution in [1.29, 1.82) is 0 Å². The summed E-state index contributed by atoms with van der Waals surface area (Å²) in [5.74, 6) is -1.17. The molecule has 0 spiro atoms. The van der Waals surface area contributed by atoms with E-state index in [1.54, 1.807) is 12.1 Å². The monoisotopic (exact) mass is 299 g/mol. The Morgan fingerprint density at radius 2 is 1.90 bits per heavy atom. The van der Waals surface area contributed by atoms with Crippen LogP contribution in [0.15, 0.2) is 23.1 Å². The minimum absolute atomic E-state index is 0.0872. The van der Waals surface area contributed by atoms with Crippen LogP contribution in [0.3, 0.4) is 0 Å². The number of aliphatic carboxylic acids is 1. The molecule has 0 aliphatic rings. The van der Waals surface area contributed by atoms with Gasteiger partial charge in [-0.2, -0.15) is 4.72 Å². The fourth-order valence-corrected chi connectivity index (χ4v) is 3.42. The van der Waals surface area contributed by atoms with E-state index in [0.717, 1.165) is 11.1 Å². The molecule has 0 radical (unpaired) electrons. The summed E-state index contributed by atoms with van der Waals surface area (Å²) >= 11 is 0. The molecular weight excluding hydrogens is 278 g/mol. The zero-order chi connectivity index (χ0) is 15.6. The van der Waals surface area contributed by atoms with Crippen molar-refractivity contribution in [3.8, 4) is 0 Å². The van der Waals surface area contributed by atoms with E-state index in [1.165, 1.54) is 13.0 Å². The Morgan fingerprint density at radius 1 is 1.30 bits per heavy atom. The number of carbonyl (C=O) groups is 1. The molecule has 0 aliphatic heterocycles. The Bertz CT molecular complexity index is 610. The Balaban J connectivity index is 3.16. The zero-order valence-electron chi connectivity index (χ0n) is 12.2. The lowest BCUT2D eigenvalue weighted by molar-refractivity contribution is -0.143. The molecule has 112 valence electrons. The first-order chi connectivity index (χ1) is 9.12. The van der Waals surface area contributed by atoms with Crippen LogP contribution in [0.25, 0.3) is 0 Å². The van der Waals surface area contributed by atoms with Gasteiger partial charge in [0.2, 0.25) is 10.0 Å². The third kappa shape index (κ3) is 3.58. The number of hydrogen-bond donors (Lipinski definition) is 2. The van der Waals surface area contributed by atoms with Gasteiger partial charge >= 0.3 is 5.97 Å². The summed E-state index contributed by atoms with van der Waals surface area (Å²) in [5.41, 5.74) is 0.339. The van der Waals surface area contributed by atoms with Gasteiger partial charge in [-0.3, -0.25) is 4.79 Å². The second kappa shape index (κ2) is 5.93. The molecular formula is C14H21NO4S. The standard InChI is InChI=1S/C14H21NO4S/c1-5-8-14(4,13(16)17)15-20(18,19)12-7-6-10(2)11(3)9-12/h6-7,9,15H,5,8H2,1-4H3,(H,16,17). The smallest absolute Gasteiger partial charge is 0.324 e. The van der Waals surface area contributed by atoms with Crippen molar-refractivity contribution >= 4 is 16.0 Å². The number of sulfonamides is 1. The van der Waals surface area contributed by atoms with Crippen LogP contribution in [0, 0.1) is 13.8 Å². The summed E-state index contributed by atoms with van der Waals surface area (Å²) in [6.07, 6.45) is 0.796. The molecule has 6 heteroatoms. The Morgan fingerprint density at radius 3 is 2.35 bits per heavy atom. The van der Waals surface area contributed by atoms with Gasteiger partial charge in [-0.15, -0.1) is 0 Å². The van der Waals surface area contributed by atoms with Crippen molar-refractivity contribution in [2.24, 2.45) is 0 Å². The van der Waals surface area contributed by atoms with E-state index in [9.17, 15) is 18.3 Å². The van der Waals surface area contributed by atoms with Crippen LogP contribution in [0.4, 0.5) is 0 Å². The largest absolute Gasteiger partial charge is 0.480 e. The van der Waals surface area contributed by atoms with Crippen LogP contribution < -0.4 is 4.72 Å². The first kappa shape index (κ1) is 16.7. The highest BCUT2D eigenvalue weighted by atomic mass is 32.2. The van der Waals surface area contributed by atoms with Gasteiger partial charge in [-0.25, -0.2) is 8.42 Å². The van der Waals surface area contributed by atoms with Crippen LogP contribution in [0.2, 0.25) is 0 Å². The summed E-state index contributed by atoms with van der Waals surface area (Å²) in [6.45, 7) is 6.90. The predicted octanol–water partition coefficient (Wildman–Crippen LogP) is 2.23. The molecule has 0 fully saturated rings. The van der Waals surface area contributed by atoms with Crippen LogP contribution in [0.5, 0.6) is 0 Å². The molecule has 1 aromatic carbocycles. The SMILES string of the molecule is CCCC(C)(NS(=O)(=O)c1ccc(C)c(C)c1)C(=O)O. The topological polar surface area (TPSA) is 83.5 Å². The van der Waals surface area contributed by atoms with E-state index >= 15 is 0 Å². The fourth-order valence-electron chi connectivity index (χ4n) is 1.94. The molecule has 1 unspecified atom stereocenters. The maximum atomic E-state index is 12.3. The Kier molecular flexibility index (Phi) is 4.94. The molecule has 20 heavy (non-hydrogen) atoms. The molecule has 0 heterocycles. The average Bonchev–Trinajstić information content (AvgIpc) is 2.31. The normalized spacial score (nSPS) is 14.8. The van der Waals surface area contributed by atoms with Crippen molar-refractivity contribution in [3.63, 3.8) is 0 Å². The van der Waals surface area contributed by atoms with Gasteiger partial charge in [0.1, 0.15) is 5.54 Å². The molecule has 0 bridgehead atoms. The van der Waals surface area contributed by atoms with Crippen LogP contribution in [0.1, 0.15) is 37.8 Å². The van der Waals surface area contributed by atoms with Gasteiger partial charge in [0, 0.05) is 0 Å². The van der Waals surface area contributed by atoms with E-state index in [1.807, 2.05) is 20.8 Å². The molecule has 0 saturated carbocycles. The van der Waals surface area contributed by atoms with Crippen molar-refractivity contribution in [2.45, 2.75) is 51.0 Å². The Labute approximate surface area is 120 Å². The van der Waals surface area contributed by atoms with Crippen molar-refractivity contribution < 1.29 is 18.3 Å². The van der Waals surface area contributed by atoms with Gasteiger partial charge in [0.15, 0.2) is 0 Å². The molecule has 1 atom stereocenters. The van der Waals surface area contributed by atoms with E-state index in [-0.39, 0.29) is 11.3 Å². The third-order valence-electron chi connectivity index (χ3n) is 3.37. The van der Waals surface area contributed by atoms with Gasteiger partial charge < -0.3 is 5.11 Å². The molecule has 2 N–H and O–H groups in total. The molecule has 0 saturated heterocycles. The maximum Gasteiger partial charge on any atom is 0.324 e. The number of carboxylic acids is 1. The first-order valence-corrected chi connectivity index (χ1v) is 7.95. The molecule has 0 aliphatic carbocycles. The number of aryl methyl sites for hydroxylation is 2. The van der Waals surface area contributed by atoms with Gasteiger partial charge in [0.25, 0.3) is 0 Å². The van der Waals surface area contributed by atoms with Crippen LogP contribution >= 0.6 is 0 Å². The number of rotatable bonds is 6. The second-order valence-electron chi connectivity index (χ2n) is 5.24. The van der Waals surface area contributed by atoms with Crippen molar-refractivity contribution in [2.75, 3.05) is 0 Å². The minimum Gasteiger partial charge on any atom is -0.480 e. The highest BCUT2D eigenvalue weighted by molar-refractivity contribution is 7.89. The second-order valence-corrected chi connectivity index (χ2v) is 6.92. The van der Waals surface area contributed by atoms with Crippen LogP contribution in [-0.4, -0.2) is 25.0 Å². The number of benzene rings is 1. The highest BCUT2D eigenvalue weighted by Gasteiger charge is 2.37. The Hall–Kier alpha value is -1.40. The molecule has 0 aromatic heterocycles. The van der Waals surface area contributed by atoms with Gasteiger partial charge in [-0.1, -0.05) is 19.4 Å². The fraction of sp³-hybridized carbons (Fsp3) is 0.500. The molecule has 0 amide bonds. The van der Waals surface area contributed by atoms with Gasteiger partial charge in [0.05, 0.1) is 4.90 Å². The lowest BCUT2D eigenvalue weighted by Crippen LogP contribution is -2.51. The lowest BCUT2D eigenvalue weighted by Gasteiger charge is -2.25. The van der Waals surface area contributed by atoms with Gasteiger partial charge in [-0.05, 0) is 50.5 Å². The quantitative estimate of drug-likeness (QED) is 0.843. The maximum absolute atomic E-state index is 12.3. The third-order valence-corrected chi connectivity index (χ3v) is 4.96. The number of hydrogen-bond acceptors (Lipinski definition) is 3. The molecule has 5 nitrogen and oxygen atoms in total. The predicted molar refractivity (Wildman–Crippen MR) is 77.2 cm³/mol. The summed E-state index contributed by atoms with van der Waals surface area (Å²) in [7, 11) is -3.86. The summed E-state index contributed by atoms with van der Waals surface area (Å²) in [4.78, 5) is 11.4. The van der Waals surface area contributed by atoms with Crippen LogP contribution in [-0.2, 0) is 14.8 Å². The first-order valence-electron chi connectivity index (χ1n) is 6.47. The summed E-state index contributed by atoms with van der Waals surface area (Å²) in [5, 5.41) is 9.25. The number of nitrogens with one attached hydrogen (secondary N) is 1. The van der Waals surface area contributed by atoms with Crippen molar-refractivity contribution in [3.05, 3.63) is 29.3 Å².